The summed E-state index contributed by atoms with van der Waals surface area (Å²) in [4.78, 5) is 12.2. The van der Waals surface area contributed by atoms with Crippen LogP contribution in [0.3, 0.4) is 0 Å². The number of carbonyl (C=O) groups is 1. The van der Waals surface area contributed by atoms with E-state index in [4.69, 9.17) is 5.14 Å². The van der Waals surface area contributed by atoms with Gasteiger partial charge in [-0.25, -0.2) is 18.2 Å². The smallest absolute Gasteiger partial charge is 0.255 e. The second kappa shape index (κ2) is 6.18. The van der Waals surface area contributed by atoms with Gasteiger partial charge in [-0.3, -0.25) is 4.79 Å². The molecule has 3 N–H and O–H groups in total. The van der Waals surface area contributed by atoms with Gasteiger partial charge >= 0.3 is 0 Å². The summed E-state index contributed by atoms with van der Waals surface area (Å²) in [6, 6.07) is 12.2. The number of nitrogens with one attached hydrogen (secondary N) is 1. The molecule has 0 spiro atoms. The Morgan fingerprint density at radius 3 is 2.25 bits per heavy atom. The van der Waals surface area contributed by atoms with Gasteiger partial charge in [0, 0.05) is 11.3 Å². The van der Waals surface area contributed by atoms with Crippen molar-refractivity contribution in [2.45, 2.75) is 4.90 Å². The molecule has 0 saturated heterocycles. The van der Waals surface area contributed by atoms with Crippen molar-refractivity contribution < 1.29 is 13.2 Å². The van der Waals surface area contributed by atoms with Crippen LogP contribution in [-0.4, -0.2) is 34.5 Å². The van der Waals surface area contributed by atoms with Gasteiger partial charge in [-0.15, -0.1) is 5.10 Å². The van der Waals surface area contributed by atoms with E-state index in [1.54, 1.807) is 24.3 Å². The molecular formula is C14H12N6O3S. The highest BCUT2D eigenvalue weighted by atomic mass is 32.2. The number of nitrogens with two attached hydrogens (primary N) is 1. The first-order valence-corrected chi connectivity index (χ1v) is 8.26. The van der Waals surface area contributed by atoms with Crippen LogP contribution in [-0.2, 0) is 10.0 Å². The SMILES string of the molecule is NS(=O)(=O)c1ccc(NC(=O)c2ccc(-n3cnnn3)cc2)cc1. The van der Waals surface area contributed by atoms with E-state index in [9.17, 15) is 13.2 Å². The number of amides is 1. The molecule has 122 valence electrons. The quantitative estimate of drug-likeness (QED) is 0.710. The number of nitrogens with zero attached hydrogens (tertiary/aromatic N) is 4. The zero-order valence-corrected chi connectivity index (χ0v) is 13.0. The highest BCUT2D eigenvalue weighted by Crippen LogP contribution is 2.14. The number of benzene rings is 2. The first kappa shape index (κ1) is 15.8. The lowest BCUT2D eigenvalue weighted by molar-refractivity contribution is 0.102. The number of tetrazole rings is 1. The second-order valence-electron chi connectivity index (χ2n) is 4.82. The minimum atomic E-state index is -3.76. The maximum absolute atomic E-state index is 12.2. The third-order valence-electron chi connectivity index (χ3n) is 3.18. The van der Waals surface area contributed by atoms with Crippen LogP contribution >= 0.6 is 0 Å². The summed E-state index contributed by atoms with van der Waals surface area (Å²) in [6.45, 7) is 0. The Balaban J connectivity index is 1.73. The summed E-state index contributed by atoms with van der Waals surface area (Å²) < 4.78 is 23.8. The van der Waals surface area contributed by atoms with E-state index in [1.165, 1.54) is 35.3 Å². The van der Waals surface area contributed by atoms with Gasteiger partial charge in [0.25, 0.3) is 5.91 Å². The van der Waals surface area contributed by atoms with Crippen molar-refractivity contribution in [3.05, 3.63) is 60.4 Å². The molecule has 24 heavy (non-hydrogen) atoms. The lowest BCUT2D eigenvalue weighted by Gasteiger charge is -2.07. The first-order valence-electron chi connectivity index (χ1n) is 6.71. The molecule has 3 rings (SSSR count). The summed E-state index contributed by atoms with van der Waals surface area (Å²) in [5, 5.41) is 18.5. The first-order chi connectivity index (χ1) is 11.4. The summed E-state index contributed by atoms with van der Waals surface area (Å²) in [5.74, 6) is -0.332. The van der Waals surface area contributed by atoms with E-state index in [0.717, 1.165) is 0 Å². The summed E-state index contributed by atoms with van der Waals surface area (Å²) in [6.07, 6.45) is 1.45. The Morgan fingerprint density at radius 1 is 1.04 bits per heavy atom. The molecule has 0 aliphatic carbocycles. The number of hydrogen-bond acceptors (Lipinski definition) is 6. The minimum Gasteiger partial charge on any atom is -0.322 e. The standard InChI is InChI=1S/C14H12N6O3S/c15-24(22,23)13-7-3-11(4-8-13)17-14(21)10-1-5-12(6-2-10)20-9-16-18-19-20/h1-9H,(H,17,21)(H2,15,22,23). The average Bonchev–Trinajstić information content (AvgIpc) is 3.09. The van der Waals surface area contributed by atoms with E-state index >= 15 is 0 Å². The van der Waals surface area contributed by atoms with Crippen molar-refractivity contribution in [2.24, 2.45) is 5.14 Å². The molecule has 0 unspecified atom stereocenters. The maximum Gasteiger partial charge on any atom is 0.255 e. The molecule has 0 atom stereocenters. The molecule has 0 bridgehead atoms. The van der Waals surface area contributed by atoms with Crippen molar-refractivity contribution in [1.29, 1.82) is 0 Å². The number of carbonyl (C=O) groups excluding carboxylic acids is 1. The molecule has 0 radical (unpaired) electrons. The Hall–Kier alpha value is -3.11. The normalized spacial score (nSPS) is 11.2. The predicted octanol–water partition coefficient (Wildman–Crippen LogP) is 0.562. The van der Waals surface area contributed by atoms with Crippen LogP contribution in [0, 0.1) is 0 Å². The van der Waals surface area contributed by atoms with Gasteiger partial charge < -0.3 is 5.32 Å². The fraction of sp³-hybridized carbons (Fsp3) is 0. The lowest BCUT2D eigenvalue weighted by atomic mass is 10.2. The molecular weight excluding hydrogens is 332 g/mol. The number of hydrogen-bond donors (Lipinski definition) is 2. The third kappa shape index (κ3) is 3.45. The number of primary sulfonamides is 1. The van der Waals surface area contributed by atoms with Crippen LogP contribution in [0.4, 0.5) is 5.69 Å². The number of anilines is 1. The van der Waals surface area contributed by atoms with Gasteiger partial charge in [-0.05, 0) is 59.0 Å². The van der Waals surface area contributed by atoms with E-state index in [-0.39, 0.29) is 10.8 Å². The van der Waals surface area contributed by atoms with Crippen molar-refractivity contribution in [3.8, 4) is 5.69 Å². The largest absolute Gasteiger partial charge is 0.322 e. The van der Waals surface area contributed by atoms with Crippen molar-refractivity contribution in [3.63, 3.8) is 0 Å². The Bertz CT molecular complexity index is 951. The summed E-state index contributed by atoms with van der Waals surface area (Å²) >= 11 is 0. The molecule has 0 aliphatic heterocycles. The highest BCUT2D eigenvalue weighted by Gasteiger charge is 2.09. The van der Waals surface area contributed by atoms with Crippen LogP contribution < -0.4 is 10.5 Å². The number of rotatable bonds is 4. The maximum atomic E-state index is 12.2. The summed E-state index contributed by atoms with van der Waals surface area (Å²) in [5.41, 5.74) is 1.60. The molecule has 10 heteroatoms. The Labute approximate surface area is 137 Å². The van der Waals surface area contributed by atoms with E-state index < -0.39 is 10.0 Å². The van der Waals surface area contributed by atoms with Gasteiger partial charge in [0.2, 0.25) is 10.0 Å². The van der Waals surface area contributed by atoms with Gasteiger partial charge in [0.05, 0.1) is 10.6 Å². The van der Waals surface area contributed by atoms with Gasteiger partial charge in [-0.2, -0.15) is 0 Å². The Morgan fingerprint density at radius 2 is 1.71 bits per heavy atom. The molecule has 0 fully saturated rings. The second-order valence-corrected chi connectivity index (χ2v) is 6.39. The van der Waals surface area contributed by atoms with Crippen molar-refractivity contribution in [1.82, 2.24) is 20.2 Å². The molecule has 3 aromatic rings. The van der Waals surface area contributed by atoms with E-state index in [0.29, 0.717) is 16.9 Å². The topological polar surface area (TPSA) is 133 Å². The molecule has 0 saturated carbocycles. The van der Waals surface area contributed by atoms with Crippen LogP contribution in [0.1, 0.15) is 10.4 Å². The zero-order chi connectivity index (χ0) is 17.2. The van der Waals surface area contributed by atoms with Gasteiger partial charge in [-0.1, -0.05) is 0 Å². The van der Waals surface area contributed by atoms with E-state index in [2.05, 4.69) is 20.8 Å². The van der Waals surface area contributed by atoms with Crippen LogP contribution in [0.15, 0.2) is 59.8 Å². The van der Waals surface area contributed by atoms with Crippen molar-refractivity contribution in [2.75, 3.05) is 5.32 Å². The highest BCUT2D eigenvalue weighted by molar-refractivity contribution is 7.89. The van der Waals surface area contributed by atoms with Crippen LogP contribution in [0.25, 0.3) is 5.69 Å². The minimum absolute atomic E-state index is 0.0220. The number of aromatic nitrogens is 4. The fourth-order valence-electron chi connectivity index (χ4n) is 1.98. The zero-order valence-electron chi connectivity index (χ0n) is 12.2. The van der Waals surface area contributed by atoms with E-state index in [1.807, 2.05) is 0 Å². The van der Waals surface area contributed by atoms with Crippen LogP contribution in [0.2, 0.25) is 0 Å². The molecule has 0 aliphatic rings. The van der Waals surface area contributed by atoms with Gasteiger partial charge in [0.1, 0.15) is 6.33 Å². The summed E-state index contributed by atoms with van der Waals surface area (Å²) in [7, 11) is -3.76. The Kier molecular flexibility index (Phi) is 4.06. The number of sulfonamides is 1. The monoisotopic (exact) mass is 344 g/mol. The fourth-order valence-corrected chi connectivity index (χ4v) is 2.49. The lowest BCUT2D eigenvalue weighted by Crippen LogP contribution is -2.14. The molecule has 1 amide bonds. The molecule has 9 nitrogen and oxygen atoms in total. The van der Waals surface area contributed by atoms with Crippen LogP contribution in [0.5, 0.6) is 0 Å². The molecule has 1 aromatic heterocycles. The van der Waals surface area contributed by atoms with Crippen molar-refractivity contribution >= 4 is 21.6 Å². The third-order valence-corrected chi connectivity index (χ3v) is 4.11. The predicted molar refractivity (Wildman–Crippen MR) is 84.9 cm³/mol. The molecule has 1 heterocycles. The van der Waals surface area contributed by atoms with Gasteiger partial charge in [0.15, 0.2) is 0 Å². The molecule has 2 aromatic carbocycles. The average molecular weight is 344 g/mol.